The number of carbonyl (C=O) groups is 1. The van der Waals surface area contributed by atoms with Gasteiger partial charge in [0.05, 0.1) is 6.61 Å². The number of hydrogen-bond acceptors (Lipinski definition) is 3. The minimum Gasteiger partial charge on any atom is -0.494 e. The van der Waals surface area contributed by atoms with Crippen LogP contribution in [0.1, 0.15) is 45.4 Å². The molecule has 1 aromatic rings. The van der Waals surface area contributed by atoms with E-state index >= 15 is 0 Å². The first kappa shape index (κ1) is 18.8. The van der Waals surface area contributed by atoms with Gasteiger partial charge >= 0.3 is 0 Å². The average Bonchev–Trinajstić information content (AvgIpc) is 2.48. The SMILES string of the molecule is CCCCOc1cccc(NC(=O)C2CCCC(N)C2)c1.Cl. The maximum absolute atomic E-state index is 12.3. The monoisotopic (exact) mass is 326 g/mol. The minimum atomic E-state index is 0. The van der Waals surface area contributed by atoms with Crippen LogP contribution >= 0.6 is 12.4 Å². The number of unbranched alkanes of at least 4 members (excludes halogenated alkanes) is 1. The Kier molecular flexibility index (Phi) is 8.28. The summed E-state index contributed by atoms with van der Waals surface area (Å²) >= 11 is 0. The van der Waals surface area contributed by atoms with Gasteiger partial charge in [0.25, 0.3) is 0 Å². The summed E-state index contributed by atoms with van der Waals surface area (Å²) < 4.78 is 5.66. The van der Waals surface area contributed by atoms with Crippen LogP contribution in [0.4, 0.5) is 5.69 Å². The van der Waals surface area contributed by atoms with E-state index in [2.05, 4.69) is 12.2 Å². The van der Waals surface area contributed by atoms with Crippen molar-refractivity contribution in [2.45, 2.75) is 51.5 Å². The van der Waals surface area contributed by atoms with Crippen LogP contribution < -0.4 is 15.8 Å². The van der Waals surface area contributed by atoms with E-state index in [-0.39, 0.29) is 30.3 Å². The van der Waals surface area contributed by atoms with Crippen LogP contribution in [0.25, 0.3) is 0 Å². The highest BCUT2D eigenvalue weighted by Crippen LogP contribution is 2.25. The number of rotatable bonds is 6. The normalized spacial score (nSPS) is 20.8. The van der Waals surface area contributed by atoms with Gasteiger partial charge in [-0.3, -0.25) is 4.79 Å². The highest BCUT2D eigenvalue weighted by molar-refractivity contribution is 5.92. The van der Waals surface area contributed by atoms with E-state index in [1.165, 1.54) is 0 Å². The van der Waals surface area contributed by atoms with Crippen molar-refractivity contribution in [2.75, 3.05) is 11.9 Å². The van der Waals surface area contributed by atoms with Gasteiger partial charge in [-0.2, -0.15) is 0 Å². The fourth-order valence-corrected chi connectivity index (χ4v) is 2.71. The van der Waals surface area contributed by atoms with E-state index in [1.807, 2.05) is 24.3 Å². The standard InChI is InChI=1S/C17H26N2O2.ClH/c1-2-3-10-21-16-9-5-8-15(12-16)19-17(20)13-6-4-7-14(18)11-13;/h5,8-9,12-14H,2-4,6-7,10-11,18H2,1H3,(H,19,20);1H. The summed E-state index contributed by atoms with van der Waals surface area (Å²) in [7, 11) is 0. The molecule has 124 valence electrons. The van der Waals surface area contributed by atoms with Crippen LogP contribution in [0, 0.1) is 5.92 Å². The molecule has 1 saturated carbocycles. The molecule has 2 unspecified atom stereocenters. The smallest absolute Gasteiger partial charge is 0.227 e. The molecule has 4 nitrogen and oxygen atoms in total. The molecule has 1 amide bonds. The third kappa shape index (κ3) is 5.85. The van der Waals surface area contributed by atoms with Crippen molar-refractivity contribution >= 4 is 24.0 Å². The van der Waals surface area contributed by atoms with Gasteiger partial charge < -0.3 is 15.8 Å². The van der Waals surface area contributed by atoms with Gasteiger partial charge in [0.2, 0.25) is 5.91 Å². The molecular weight excluding hydrogens is 300 g/mol. The molecule has 1 aliphatic rings. The molecule has 2 atom stereocenters. The first-order valence-electron chi connectivity index (χ1n) is 7.98. The number of halogens is 1. The van der Waals surface area contributed by atoms with Crippen molar-refractivity contribution in [3.63, 3.8) is 0 Å². The predicted octanol–water partition coefficient (Wildman–Crippen LogP) is 3.74. The minimum absolute atomic E-state index is 0. The Labute approximate surface area is 139 Å². The lowest BCUT2D eigenvalue weighted by atomic mass is 9.85. The van der Waals surface area contributed by atoms with Crippen molar-refractivity contribution in [3.05, 3.63) is 24.3 Å². The summed E-state index contributed by atoms with van der Waals surface area (Å²) in [4.78, 5) is 12.3. The molecule has 0 radical (unpaired) electrons. The second kappa shape index (κ2) is 9.70. The summed E-state index contributed by atoms with van der Waals surface area (Å²) in [6, 6.07) is 7.77. The zero-order chi connectivity index (χ0) is 15.1. The zero-order valence-electron chi connectivity index (χ0n) is 13.2. The lowest BCUT2D eigenvalue weighted by molar-refractivity contribution is -0.120. The van der Waals surface area contributed by atoms with Gasteiger partial charge in [-0.15, -0.1) is 12.4 Å². The molecule has 0 bridgehead atoms. The number of anilines is 1. The lowest BCUT2D eigenvalue weighted by Crippen LogP contribution is -2.34. The molecule has 5 heteroatoms. The van der Waals surface area contributed by atoms with Crippen LogP contribution in [0.5, 0.6) is 5.75 Å². The van der Waals surface area contributed by atoms with Crippen LogP contribution in [-0.4, -0.2) is 18.6 Å². The van der Waals surface area contributed by atoms with Crippen molar-refractivity contribution in [3.8, 4) is 5.75 Å². The van der Waals surface area contributed by atoms with E-state index < -0.39 is 0 Å². The first-order valence-corrected chi connectivity index (χ1v) is 7.98. The third-order valence-electron chi connectivity index (χ3n) is 3.95. The Bertz CT molecular complexity index is 468. The average molecular weight is 327 g/mol. The van der Waals surface area contributed by atoms with Gasteiger partial charge in [0, 0.05) is 23.7 Å². The number of nitrogens with one attached hydrogen (secondary N) is 1. The number of hydrogen-bond donors (Lipinski definition) is 2. The fraction of sp³-hybridized carbons (Fsp3) is 0.588. The summed E-state index contributed by atoms with van der Waals surface area (Å²) in [5.74, 6) is 0.927. The van der Waals surface area contributed by atoms with Crippen LogP contribution in [0.3, 0.4) is 0 Å². The van der Waals surface area contributed by atoms with Crippen molar-refractivity contribution in [1.29, 1.82) is 0 Å². The predicted molar refractivity (Wildman–Crippen MR) is 92.7 cm³/mol. The molecule has 0 heterocycles. The van der Waals surface area contributed by atoms with E-state index in [0.29, 0.717) is 6.61 Å². The van der Waals surface area contributed by atoms with E-state index in [0.717, 1.165) is 50.0 Å². The molecule has 0 aromatic heterocycles. The van der Waals surface area contributed by atoms with Crippen LogP contribution in [0.2, 0.25) is 0 Å². The molecule has 1 fully saturated rings. The van der Waals surface area contributed by atoms with Crippen LogP contribution in [0.15, 0.2) is 24.3 Å². The second-order valence-corrected chi connectivity index (χ2v) is 5.84. The Hall–Kier alpha value is -1.26. The fourth-order valence-electron chi connectivity index (χ4n) is 2.71. The number of carbonyl (C=O) groups excluding carboxylic acids is 1. The van der Waals surface area contributed by atoms with E-state index in [4.69, 9.17) is 10.5 Å². The van der Waals surface area contributed by atoms with E-state index in [1.54, 1.807) is 0 Å². The topological polar surface area (TPSA) is 64.3 Å². The van der Waals surface area contributed by atoms with Crippen molar-refractivity contribution in [1.82, 2.24) is 0 Å². The molecule has 1 aromatic carbocycles. The highest BCUT2D eigenvalue weighted by Gasteiger charge is 2.25. The maximum atomic E-state index is 12.3. The third-order valence-corrected chi connectivity index (χ3v) is 3.95. The molecular formula is C17H27ClN2O2. The summed E-state index contributed by atoms with van der Waals surface area (Å²) in [6.07, 6.45) is 5.95. The number of nitrogens with two attached hydrogens (primary N) is 1. The van der Waals surface area contributed by atoms with Crippen LogP contribution in [-0.2, 0) is 4.79 Å². The molecule has 22 heavy (non-hydrogen) atoms. The number of benzene rings is 1. The summed E-state index contributed by atoms with van der Waals surface area (Å²) in [6.45, 7) is 2.85. The van der Waals surface area contributed by atoms with Gasteiger partial charge in [-0.1, -0.05) is 25.8 Å². The quantitative estimate of drug-likeness (QED) is 0.783. The molecule has 3 N–H and O–H groups in total. The highest BCUT2D eigenvalue weighted by atomic mass is 35.5. The Morgan fingerprint density at radius 1 is 1.41 bits per heavy atom. The summed E-state index contributed by atoms with van der Waals surface area (Å²) in [5, 5.41) is 2.99. The maximum Gasteiger partial charge on any atom is 0.227 e. The molecule has 1 aliphatic carbocycles. The molecule has 0 aliphatic heterocycles. The second-order valence-electron chi connectivity index (χ2n) is 5.84. The lowest BCUT2D eigenvalue weighted by Gasteiger charge is -2.25. The molecule has 0 spiro atoms. The number of amides is 1. The number of ether oxygens (including phenoxy) is 1. The van der Waals surface area contributed by atoms with E-state index in [9.17, 15) is 4.79 Å². The summed E-state index contributed by atoms with van der Waals surface area (Å²) in [5.41, 5.74) is 6.75. The largest absolute Gasteiger partial charge is 0.494 e. The first-order chi connectivity index (χ1) is 10.2. The van der Waals surface area contributed by atoms with Gasteiger partial charge in [-0.05, 0) is 37.8 Å². The Morgan fingerprint density at radius 2 is 2.23 bits per heavy atom. The van der Waals surface area contributed by atoms with Gasteiger partial charge in [-0.25, -0.2) is 0 Å². The van der Waals surface area contributed by atoms with Gasteiger partial charge in [0.1, 0.15) is 5.75 Å². The Balaban J connectivity index is 0.00000242. The zero-order valence-corrected chi connectivity index (χ0v) is 14.0. The van der Waals surface area contributed by atoms with Crippen molar-refractivity contribution < 1.29 is 9.53 Å². The molecule has 2 rings (SSSR count). The Morgan fingerprint density at radius 3 is 2.95 bits per heavy atom. The van der Waals surface area contributed by atoms with Crippen molar-refractivity contribution in [2.24, 2.45) is 11.7 Å². The van der Waals surface area contributed by atoms with Gasteiger partial charge in [0.15, 0.2) is 0 Å². The molecule has 0 saturated heterocycles.